The lowest BCUT2D eigenvalue weighted by Gasteiger charge is -2.20. The minimum atomic E-state index is -4.08. The van der Waals surface area contributed by atoms with E-state index in [1.807, 2.05) is 13.0 Å². The molecule has 39 heavy (non-hydrogen) atoms. The summed E-state index contributed by atoms with van der Waals surface area (Å²) < 4.78 is 34.4. The van der Waals surface area contributed by atoms with Gasteiger partial charge in [0.2, 0.25) is 15.9 Å². The Morgan fingerprint density at radius 1 is 0.872 bits per heavy atom. The van der Waals surface area contributed by atoms with Gasteiger partial charge in [-0.25, -0.2) is 8.42 Å². The summed E-state index contributed by atoms with van der Waals surface area (Å²) in [6.07, 6.45) is 0.0818. The summed E-state index contributed by atoms with van der Waals surface area (Å²) in [7, 11) is -4.08. The minimum absolute atomic E-state index is 0.0109. The molecule has 200 valence electrons. The number of benzene rings is 4. The molecule has 0 unspecified atom stereocenters. The van der Waals surface area contributed by atoms with Crippen LogP contribution in [0.2, 0.25) is 5.02 Å². The summed E-state index contributed by atoms with van der Waals surface area (Å²) >= 11 is 6.18. The molecular formula is C30H27ClN2O5S. The van der Waals surface area contributed by atoms with Crippen LogP contribution >= 0.6 is 11.6 Å². The zero-order valence-corrected chi connectivity index (χ0v) is 22.7. The Balaban J connectivity index is 1.63. The molecule has 7 nitrogen and oxygen atoms in total. The second kappa shape index (κ2) is 12.7. The van der Waals surface area contributed by atoms with Gasteiger partial charge in [0.1, 0.15) is 11.8 Å². The smallest absolute Gasteiger partial charge is 0.242 e. The maximum Gasteiger partial charge on any atom is 0.242 e. The summed E-state index contributed by atoms with van der Waals surface area (Å²) in [5.41, 5.74) is 1.59. The number of hydrogen-bond acceptors (Lipinski definition) is 5. The quantitative estimate of drug-likeness (QED) is 0.235. The van der Waals surface area contributed by atoms with E-state index >= 15 is 0 Å². The number of rotatable bonds is 11. The van der Waals surface area contributed by atoms with Gasteiger partial charge in [0, 0.05) is 16.1 Å². The van der Waals surface area contributed by atoms with Crippen molar-refractivity contribution in [1.82, 2.24) is 4.72 Å². The maximum absolute atomic E-state index is 13.6. The molecule has 0 heterocycles. The first-order chi connectivity index (χ1) is 18.8. The number of amides is 1. The Labute approximate surface area is 232 Å². The van der Waals surface area contributed by atoms with Gasteiger partial charge in [-0.2, -0.15) is 4.72 Å². The number of anilines is 1. The Bertz CT molecular complexity index is 1540. The zero-order valence-electron chi connectivity index (χ0n) is 21.1. The molecule has 0 aliphatic rings. The van der Waals surface area contributed by atoms with Gasteiger partial charge in [0.15, 0.2) is 5.78 Å². The van der Waals surface area contributed by atoms with Crippen LogP contribution in [0.3, 0.4) is 0 Å². The third-order valence-corrected chi connectivity index (χ3v) is 7.58. The van der Waals surface area contributed by atoms with E-state index in [1.165, 1.54) is 24.3 Å². The fourth-order valence-electron chi connectivity index (χ4n) is 3.95. The molecule has 0 aliphatic heterocycles. The predicted molar refractivity (Wildman–Crippen MR) is 152 cm³/mol. The number of carbonyl (C=O) groups excluding carboxylic acids is 2. The zero-order chi connectivity index (χ0) is 27.8. The number of nitrogens with one attached hydrogen (secondary N) is 2. The molecule has 4 aromatic rings. The van der Waals surface area contributed by atoms with Crippen molar-refractivity contribution in [2.45, 2.75) is 24.3 Å². The molecule has 1 atom stereocenters. The largest absolute Gasteiger partial charge is 0.494 e. The Morgan fingerprint density at radius 2 is 1.51 bits per heavy atom. The molecule has 0 saturated carbocycles. The average Bonchev–Trinajstić information content (AvgIpc) is 2.94. The molecule has 0 saturated heterocycles. The molecule has 2 N–H and O–H groups in total. The van der Waals surface area contributed by atoms with Crippen molar-refractivity contribution >= 4 is 39.0 Å². The van der Waals surface area contributed by atoms with Crippen LogP contribution in [0.15, 0.2) is 108 Å². The standard InChI is InChI=1S/C30H27ClN2O5S/c1-2-38-24-14-16-25(17-15-24)39(36,37)33-28(19-21-9-5-3-6-10-21)30(35)32-27-18-13-23(31)20-26(27)29(34)22-11-7-4-8-12-22/h3-18,20,28,33H,2,19H2,1H3,(H,32,35)/t28-/m1/s1. The minimum Gasteiger partial charge on any atom is -0.494 e. The molecule has 0 spiro atoms. The van der Waals surface area contributed by atoms with Crippen LogP contribution in [-0.4, -0.2) is 32.8 Å². The first-order valence-corrected chi connectivity index (χ1v) is 14.1. The molecule has 4 aromatic carbocycles. The first kappa shape index (κ1) is 28.0. The van der Waals surface area contributed by atoms with Gasteiger partial charge in [0.25, 0.3) is 0 Å². The van der Waals surface area contributed by atoms with E-state index in [2.05, 4.69) is 10.0 Å². The maximum atomic E-state index is 13.6. The molecule has 1 amide bonds. The number of sulfonamides is 1. The van der Waals surface area contributed by atoms with Crippen LogP contribution in [-0.2, 0) is 21.2 Å². The third kappa shape index (κ3) is 7.32. The van der Waals surface area contributed by atoms with Gasteiger partial charge in [-0.05, 0) is 61.4 Å². The molecule has 0 aliphatic carbocycles. The van der Waals surface area contributed by atoms with Crippen molar-refractivity contribution in [1.29, 1.82) is 0 Å². The highest BCUT2D eigenvalue weighted by Gasteiger charge is 2.27. The van der Waals surface area contributed by atoms with Crippen molar-refractivity contribution in [2.75, 3.05) is 11.9 Å². The van der Waals surface area contributed by atoms with Crippen LogP contribution in [0.25, 0.3) is 0 Å². The van der Waals surface area contributed by atoms with Gasteiger partial charge in [-0.3, -0.25) is 9.59 Å². The number of ether oxygens (including phenoxy) is 1. The lowest BCUT2D eigenvalue weighted by atomic mass is 10.0. The molecule has 0 bridgehead atoms. The van der Waals surface area contributed by atoms with E-state index in [0.29, 0.717) is 22.9 Å². The fraction of sp³-hybridized carbons (Fsp3) is 0.133. The van der Waals surface area contributed by atoms with Gasteiger partial charge in [0.05, 0.1) is 17.2 Å². The van der Waals surface area contributed by atoms with E-state index in [0.717, 1.165) is 5.56 Å². The van der Waals surface area contributed by atoms with Crippen LogP contribution < -0.4 is 14.8 Å². The Kier molecular flexibility index (Phi) is 9.14. The average molecular weight is 563 g/mol. The molecule has 0 aromatic heterocycles. The van der Waals surface area contributed by atoms with E-state index in [4.69, 9.17) is 16.3 Å². The second-order valence-electron chi connectivity index (χ2n) is 8.64. The van der Waals surface area contributed by atoms with Crippen LogP contribution in [0.1, 0.15) is 28.4 Å². The van der Waals surface area contributed by atoms with Crippen molar-refractivity contribution in [3.8, 4) is 5.75 Å². The Morgan fingerprint density at radius 3 is 2.15 bits per heavy atom. The summed E-state index contributed by atoms with van der Waals surface area (Å²) in [5, 5.41) is 3.07. The lowest BCUT2D eigenvalue weighted by molar-refractivity contribution is -0.117. The van der Waals surface area contributed by atoms with Gasteiger partial charge >= 0.3 is 0 Å². The molecule has 4 rings (SSSR count). The highest BCUT2D eigenvalue weighted by molar-refractivity contribution is 7.89. The van der Waals surface area contributed by atoms with E-state index < -0.39 is 22.0 Å². The van der Waals surface area contributed by atoms with Crippen LogP contribution in [0.4, 0.5) is 5.69 Å². The summed E-state index contributed by atoms with van der Waals surface area (Å²) in [6, 6.07) is 27.0. The van der Waals surface area contributed by atoms with Crippen LogP contribution in [0, 0.1) is 0 Å². The van der Waals surface area contributed by atoms with E-state index in [9.17, 15) is 18.0 Å². The lowest BCUT2D eigenvalue weighted by Crippen LogP contribution is -2.45. The molecule has 9 heteroatoms. The number of carbonyl (C=O) groups is 2. The summed E-state index contributed by atoms with van der Waals surface area (Å²) in [4.78, 5) is 26.8. The summed E-state index contributed by atoms with van der Waals surface area (Å²) in [6.45, 7) is 2.28. The highest BCUT2D eigenvalue weighted by Crippen LogP contribution is 2.25. The van der Waals surface area contributed by atoms with Crippen molar-refractivity contribution in [2.24, 2.45) is 0 Å². The van der Waals surface area contributed by atoms with E-state index in [-0.39, 0.29) is 28.4 Å². The molecule has 0 fully saturated rings. The van der Waals surface area contributed by atoms with Gasteiger partial charge in [-0.15, -0.1) is 0 Å². The topological polar surface area (TPSA) is 102 Å². The van der Waals surface area contributed by atoms with Gasteiger partial charge < -0.3 is 10.1 Å². The van der Waals surface area contributed by atoms with E-state index in [1.54, 1.807) is 72.8 Å². The summed E-state index contributed by atoms with van der Waals surface area (Å²) in [5.74, 6) is -0.422. The third-order valence-electron chi connectivity index (χ3n) is 5.86. The van der Waals surface area contributed by atoms with Crippen LogP contribution in [0.5, 0.6) is 5.75 Å². The van der Waals surface area contributed by atoms with Crippen molar-refractivity contribution < 1.29 is 22.7 Å². The molecular weight excluding hydrogens is 536 g/mol. The van der Waals surface area contributed by atoms with Gasteiger partial charge in [-0.1, -0.05) is 72.3 Å². The number of halogens is 1. The fourth-order valence-corrected chi connectivity index (χ4v) is 5.32. The number of hydrogen-bond donors (Lipinski definition) is 2. The SMILES string of the molecule is CCOc1ccc(S(=O)(=O)N[C@H](Cc2ccccc2)C(=O)Nc2ccc(Cl)cc2C(=O)c2ccccc2)cc1. The first-order valence-electron chi connectivity index (χ1n) is 12.3. The highest BCUT2D eigenvalue weighted by atomic mass is 35.5. The van der Waals surface area contributed by atoms with Crippen molar-refractivity contribution in [3.05, 3.63) is 125 Å². The monoisotopic (exact) mass is 562 g/mol. The Hall–Kier alpha value is -3.98. The van der Waals surface area contributed by atoms with Crippen molar-refractivity contribution in [3.63, 3.8) is 0 Å². The predicted octanol–water partition coefficient (Wildman–Crippen LogP) is 5.50. The normalized spacial score (nSPS) is 11.9. The number of ketones is 1. The second-order valence-corrected chi connectivity index (χ2v) is 10.8. The molecule has 0 radical (unpaired) electrons.